The van der Waals surface area contributed by atoms with Crippen molar-refractivity contribution in [3.8, 4) is 0 Å². The van der Waals surface area contributed by atoms with E-state index < -0.39 is 0 Å². The molecule has 0 radical (unpaired) electrons. The Balaban J connectivity index is 2.12. The van der Waals surface area contributed by atoms with Crippen molar-refractivity contribution in [3.05, 3.63) is 34.3 Å². The first-order chi connectivity index (χ1) is 7.72. The number of hydrogen-bond acceptors (Lipinski definition) is 2. The van der Waals surface area contributed by atoms with Gasteiger partial charge in [-0.05, 0) is 46.9 Å². The number of amides is 1. The van der Waals surface area contributed by atoms with Crippen molar-refractivity contribution in [3.63, 3.8) is 0 Å². The molecule has 86 valence electrons. The third-order valence-corrected chi connectivity index (χ3v) is 3.70. The van der Waals surface area contributed by atoms with Gasteiger partial charge in [0.1, 0.15) is 0 Å². The summed E-state index contributed by atoms with van der Waals surface area (Å²) in [5.41, 5.74) is 6.35. The summed E-state index contributed by atoms with van der Waals surface area (Å²) >= 11 is 3.40. The molecule has 1 heterocycles. The van der Waals surface area contributed by atoms with Gasteiger partial charge in [0.15, 0.2) is 0 Å². The van der Waals surface area contributed by atoms with Crippen LogP contribution < -0.4 is 5.73 Å². The fourth-order valence-corrected chi connectivity index (χ4v) is 2.47. The highest BCUT2D eigenvalue weighted by molar-refractivity contribution is 9.10. The molecule has 2 N–H and O–H groups in total. The summed E-state index contributed by atoms with van der Waals surface area (Å²) < 4.78 is 0.858. The minimum atomic E-state index is 0.100. The molecule has 1 saturated heterocycles. The molecule has 1 aliphatic heterocycles. The van der Waals surface area contributed by atoms with Gasteiger partial charge in [0, 0.05) is 17.6 Å². The quantitative estimate of drug-likeness (QED) is 0.900. The molecular weight excluding hydrogens is 268 g/mol. The number of likely N-dealkylation sites (tertiary alicyclic amines) is 1. The zero-order valence-corrected chi connectivity index (χ0v) is 10.6. The lowest BCUT2D eigenvalue weighted by Crippen LogP contribution is -2.30. The maximum absolute atomic E-state index is 12.2. The summed E-state index contributed by atoms with van der Waals surface area (Å²) in [5, 5.41) is 0. The Morgan fingerprint density at radius 2 is 2.25 bits per heavy atom. The van der Waals surface area contributed by atoms with Crippen LogP contribution in [0.2, 0.25) is 0 Å². The third-order valence-electron chi connectivity index (χ3n) is 3.01. The largest absolute Gasteiger partial charge is 0.338 e. The average Bonchev–Trinajstić information content (AvgIpc) is 2.77. The fraction of sp³-hybridized carbons (Fsp3) is 0.417. The van der Waals surface area contributed by atoms with E-state index >= 15 is 0 Å². The minimum absolute atomic E-state index is 0.100. The van der Waals surface area contributed by atoms with Crippen molar-refractivity contribution in [1.29, 1.82) is 0 Å². The van der Waals surface area contributed by atoms with Crippen LogP contribution in [0.25, 0.3) is 0 Å². The summed E-state index contributed by atoms with van der Waals surface area (Å²) in [7, 11) is 0. The average molecular weight is 283 g/mol. The summed E-state index contributed by atoms with van der Waals surface area (Å²) in [6.07, 6.45) is 1.02. The van der Waals surface area contributed by atoms with Crippen molar-refractivity contribution in [2.24, 2.45) is 11.7 Å². The van der Waals surface area contributed by atoms with Crippen LogP contribution in [0, 0.1) is 5.92 Å². The Bertz CT molecular complexity index is 394. The van der Waals surface area contributed by atoms with Gasteiger partial charge in [-0.3, -0.25) is 4.79 Å². The van der Waals surface area contributed by atoms with Crippen LogP contribution in [0.4, 0.5) is 0 Å². The van der Waals surface area contributed by atoms with Crippen LogP contribution in [0.3, 0.4) is 0 Å². The number of hydrogen-bond donors (Lipinski definition) is 1. The summed E-state index contributed by atoms with van der Waals surface area (Å²) in [6.45, 7) is 2.28. The van der Waals surface area contributed by atoms with Crippen molar-refractivity contribution < 1.29 is 4.79 Å². The zero-order valence-electron chi connectivity index (χ0n) is 9.03. The number of benzene rings is 1. The Kier molecular flexibility index (Phi) is 3.61. The van der Waals surface area contributed by atoms with E-state index in [2.05, 4.69) is 15.9 Å². The van der Waals surface area contributed by atoms with E-state index in [1.54, 1.807) is 0 Å². The minimum Gasteiger partial charge on any atom is -0.338 e. The molecule has 1 atom stereocenters. The van der Waals surface area contributed by atoms with E-state index in [1.807, 2.05) is 29.2 Å². The van der Waals surface area contributed by atoms with Gasteiger partial charge in [-0.2, -0.15) is 0 Å². The number of carbonyl (C=O) groups is 1. The maximum atomic E-state index is 12.2. The van der Waals surface area contributed by atoms with Crippen molar-refractivity contribution in [2.75, 3.05) is 19.6 Å². The summed E-state index contributed by atoms with van der Waals surface area (Å²) in [6, 6.07) is 7.54. The predicted octanol–water partition coefficient (Wildman–Crippen LogP) is 1.87. The number of nitrogens with two attached hydrogens (primary N) is 1. The Labute approximate surface area is 104 Å². The van der Waals surface area contributed by atoms with Crippen LogP contribution in [0.1, 0.15) is 16.8 Å². The Morgan fingerprint density at radius 3 is 2.88 bits per heavy atom. The molecule has 1 amide bonds. The summed E-state index contributed by atoms with van der Waals surface area (Å²) in [4.78, 5) is 14.1. The van der Waals surface area contributed by atoms with Gasteiger partial charge in [-0.25, -0.2) is 0 Å². The number of carbonyl (C=O) groups excluding carboxylic acids is 1. The SMILES string of the molecule is NCC1CCN(C(=O)c2ccccc2Br)C1. The second-order valence-electron chi connectivity index (χ2n) is 4.12. The molecule has 0 spiro atoms. The molecule has 0 aromatic heterocycles. The molecule has 3 nitrogen and oxygen atoms in total. The van der Waals surface area contributed by atoms with E-state index in [-0.39, 0.29) is 5.91 Å². The smallest absolute Gasteiger partial charge is 0.255 e. The molecular formula is C12H15BrN2O. The van der Waals surface area contributed by atoms with Crippen molar-refractivity contribution in [1.82, 2.24) is 4.90 Å². The number of nitrogens with zero attached hydrogens (tertiary/aromatic N) is 1. The number of rotatable bonds is 2. The predicted molar refractivity (Wildman–Crippen MR) is 67.2 cm³/mol. The van der Waals surface area contributed by atoms with Crippen LogP contribution in [0.15, 0.2) is 28.7 Å². The second-order valence-corrected chi connectivity index (χ2v) is 4.98. The van der Waals surface area contributed by atoms with Crippen molar-refractivity contribution >= 4 is 21.8 Å². The highest BCUT2D eigenvalue weighted by atomic mass is 79.9. The summed E-state index contributed by atoms with van der Waals surface area (Å²) in [5.74, 6) is 0.565. The highest BCUT2D eigenvalue weighted by Gasteiger charge is 2.26. The van der Waals surface area contributed by atoms with Crippen LogP contribution in [-0.4, -0.2) is 30.4 Å². The third kappa shape index (κ3) is 2.28. The molecule has 1 aromatic rings. The van der Waals surface area contributed by atoms with Crippen molar-refractivity contribution in [2.45, 2.75) is 6.42 Å². The van der Waals surface area contributed by atoms with Crippen LogP contribution in [-0.2, 0) is 0 Å². The monoisotopic (exact) mass is 282 g/mol. The molecule has 2 rings (SSSR count). The molecule has 0 saturated carbocycles. The van der Waals surface area contributed by atoms with Gasteiger partial charge in [0.05, 0.1) is 5.56 Å². The van der Waals surface area contributed by atoms with Crippen LogP contribution in [0.5, 0.6) is 0 Å². The molecule has 1 fully saturated rings. The lowest BCUT2D eigenvalue weighted by molar-refractivity contribution is 0.0787. The Hall–Kier alpha value is -0.870. The van der Waals surface area contributed by atoms with Gasteiger partial charge in [0.25, 0.3) is 5.91 Å². The molecule has 4 heteroatoms. The number of halogens is 1. The molecule has 1 aromatic carbocycles. The van der Waals surface area contributed by atoms with E-state index in [0.717, 1.165) is 29.5 Å². The van der Waals surface area contributed by atoms with E-state index in [1.165, 1.54) is 0 Å². The molecule has 0 bridgehead atoms. The lowest BCUT2D eigenvalue weighted by atomic mass is 10.1. The second kappa shape index (κ2) is 4.97. The molecule has 1 aliphatic rings. The normalized spacial score (nSPS) is 20.1. The topological polar surface area (TPSA) is 46.3 Å². The van der Waals surface area contributed by atoms with E-state index in [4.69, 9.17) is 5.73 Å². The Morgan fingerprint density at radius 1 is 1.50 bits per heavy atom. The molecule has 0 aliphatic carbocycles. The fourth-order valence-electron chi connectivity index (χ4n) is 2.01. The van der Waals surface area contributed by atoms with E-state index in [9.17, 15) is 4.79 Å². The first-order valence-electron chi connectivity index (χ1n) is 5.46. The van der Waals surface area contributed by atoms with Crippen LogP contribution >= 0.6 is 15.9 Å². The molecule has 16 heavy (non-hydrogen) atoms. The highest BCUT2D eigenvalue weighted by Crippen LogP contribution is 2.22. The zero-order chi connectivity index (χ0) is 11.5. The first kappa shape index (κ1) is 11.6. The standard InChI is InChI=1S/C12H15BrN2O/c13-11-4-2-1-3-10(11)12(16)15-6-5-9(7-14)8-15/h1-4,9H,5-8,14H2. The van der Waals surface area contributed by atoms with E-state index in [0.29, 0.717) is 12.5 Å². The molecule has 1 unspecified atom stereocenters. The van der Waals surface area contributed by atoms with Gasteiger partial charge < -0.3 is 10.6 Å². The van der Waals surface area contributed by atoms with Gasteiger partial charge in [0.2, 0.25) is 0 Å². The first-order valence-corrected chi connectivity index (χ1v) is 6.25. The lowest BCUT2D eigenvalue weighted by Gasteiger charge is -2.17. The maximum Gasteiger partial charge on any atom is 0.255 e. The van der Waals surface area contributed by atoms with Gasteiger partial charge in [-0.15, -0.1) is 0 Å². The van der Waals surface area contributed by atoms with Gasteiger partial charge in [-0.1, -0.05) is 12.1 Å². The van der Waals surface area contributed by atoms with Gasteiger partial charge >= 0.3 is 0 Å².